The van der Waals surface area contributed by atoms with Crippen LogP contribution < -0.4 is 0 Å². The molecule has 0 fully saturated rings. The highest BCUT2D eigenvalue weighted by molar-refractivity contribution is 6.17. The van der Waals surface area contributed by atoms with Gasteiger partial charge in [-0.05, 0) is 18.6 Å². The van der Waals surface area contributed by atoms with Crippen molar-refractivity contribution in [3.63, 3.8) is 0 Å². The van der Waals surface area contributed by atoms with Gasteiger partial charge in [0.1, 0.15) is 11.5 Å². The molecule has 0 aliphatic carbocycles. The van der Waals surface area contributed by atoms with Crippen LogP contribution in [-0.4, -0.2) is 33.9 Å². The quantitative estimate of drug-likeness (QED) is 0.794. The van der Waals surface area contributed by atoms with Gasteiger partial charge in [0, 0.05) is 37.5 Å². The predicted molar refractivity (Wildman–Crippen MR) is 66.2 cm³/mol. The second kappa shape index (κ2) is 6.35. The number of aromatic hydroxyl groups is 2. The third kappa shape index (κ3) is 4.15. The number of alkyl halides is 1. The first-order valence-electron chi connectivity index (χ1n) is 5.35. The topological polar surface area (TPSA) is 60.8 Å². The van der Waals surface area contributed by atoms with Crippen LogP contribution in [0.3, 0.4) is 0 Å². The first-order chi connectivity index (χ1) is 8.04. The molecule has 0 aliphatic rings. The molecule has 0 atom stereocenters. The number of amides is 1. The number of phenols is 2. The fraction of sp³-hybridized carbons (Fsp3) is 0.417. The monoisotopic (exact) mass is 257 g/mol. The van der Waals surface area contributed by atoms with Crippen LogP contribution in [0.2, 0.25) is 0 Å². The normalized spacial score (nSPS) is 10.2. The Kier molecular flexibility index (Phi) is 5.10. The van der Waals surface area contributed by atoms with Crippen molar-refractivity contribution < 1.29 is 15.0 Å². The fourth-order valence-electron chi connectivity index (χ4n) is 1.44. The zero-order chi connectivity index (χ0) is 12.8. The number of hydrogen-bond donors (Lipinski definition) is 2. The first-order valence-corrected chi connectivity index (χ1v) is 5.89. The van der Waals surface area contributed by atoms with Crippen LogP contribution in [0.25, 0.3) is 0 Å². The van der Waals surface area contributed by atoms with Gasteiger partial charge in [-0.2, -0.15) is 0 Å². The smallest absolute Gasteiger partial charge is 0.222 e. The van der Waals surface area contributed by atoms with Gasteiger partial charge in [0.2, 0.25) is 5.91 Å². The predicted octanol–water partition coefficient (Wildman–Crippen LogP) is 2.08. The lowest BCUT2D eigenvalue weighted by molar-refractivity contribution is -0.130. The summed E-state index contributed by atoms with van der Waals surface area (Å²) in [5.41, 5.74) is 0.601. The highest BCUT2D eigenvalue weighted by atomic mass is 35.5. The van der Waals surface area contributed by atoms with E-state index in [1.54, 1.807) is 13.1 Å². The SMILES string of the molecule is CN(Cc1ccc(O)cc1O)C(=O)CCCCl. The molecule has 94 valence electrons. The minimum absolute atomic E-state index is 0.00219. The summed E-state index contributed by atoms with van der Waals surface area (Å²) in [6, 6.07) is 4.33. The molecule has 0 unspecified atom stereocenters. The Hall–Kier alpha value is -1.42. The number of carbonyl (C=O) groups is 1. The Bertz CT molecular complexity index is 395. The molecular formula is C12H16ClNO3. The lowest BCUT2D eigenvalue weighted by atomic mass is 10.1. The summed E-state index contributed by atoms with van der Waals surface area (Å²) in [6.45, 7) is 0.313. The molecule has 0 radical (unpaired) electrons. The van der Waals surface area contributed by atoms with E-state index in [1.165, 1.54) is 17.0 Å². The zero-order valence-corrected chi connectivity index (χ0v) is 10.4. The van der Waals surface area contributed by atoms with Crippen LogP contribution >= 0.6 is 11.6 Å². The first kappa shape index (κ1) is 13.6. The molecule has 0 heterocycles. The van der Waals surface area contributed by atoms with E-state index in [0.717, 1.165) is 0 Å². The van der Waals surface area contributed by atoms with Gasteiger partial charge >= 0.3 is 0 Å². The second-order valence-corrected chi connectivity index (χ2v) is 4.23. The standard InChI is InChI=1S/C12H16ClNO3/c1-14(12(17)3-2-6-13)8-9-4-5-10(15)7-11(9)16/h4-5,7,15-16H,2-3,6,8H2,1H3. The van der Waals surface area contributed by atoms with Crippen LogP contribution in [0.1, 0.15) is 18.4 Å². The van der Waals surface area contributed by atoms with Gasteiger partial charge in [0.15, 0.2) is 0 Å². The summed E-state index contributed by atoms with van der Waals surface area (Å²) in [6.07, 6.45) is 1.05. The molecule has 0 aromatic heterocycles. The molecular weight excluding hydrogens is 242 g/mol. The van der Waals surface area contributed by atoms with Crippen LogP contribution in [0, 0.1) is 0 Å². The van der Waals surface area contributed by atoms with Crippen molar-refractivity contribution in [3.8, 4) is 11.5 Å². The largest absolute Gasteiger partial charge is 0.508 e. The van der Waals surface area contributed by atoms with E-state index in [4.69, 9.17) is 16.7 Å². The van der Waals surface area contributed by atoms with E-state index in [-0.39, 0.29) is 17.4 Å². The van der Waals surface area contributed by atoms with Crippen LogP contribution in [0.5, 0.6) is 11.5 Å². The van der Waals surface area contributed by atoms with Gasteiger partial charge in [0.25, 0.3) is 0 Å². The van der Waals surface area contributed by atoms with Crippen LogP contribution in [0.4, 0.5) is 0 Å². The molecule has 1 aromatic carbocycles. The molecule has 1 amide bonds. The van der Waals surface area contributed by atoms with Gasteiger partial charge in [-0.15, -0.1) is 11.6 Å². The van der Waals surface area contributed by atoms with Crippen molar-refractivity contribution in [1.29, 1.82) is 0 Å². The Morgan fingerprint density at radius 3 is 2.71 bits per heavy atom. The minimum Gasteiger partial charge on any atom is -0.508 e. The molecule has 0 bridgehead atoms. The van der Waals surface area contributed by atoms with Gasteiger partial charge in [-0.3, -0.25) is 4.79 Å². The van der Waals surface area contributed by atoms with E-state index in [0.29, 0.717) is 30.8 Å². The molecule has 0 saturated heterocycles. The van der Waals surface area contributed by atoms with Crippen molar-refractivity contribution in [2.24, 2.45) is 0 Å². The molecule has 4 nitrogen and oxygen atoms in total. The summed E-state index contributed by atoms with van der Waals surface area (Å²) in [5.74, 6) is 0.437. The Balaban J connectivity index is 2.61. The molecule has 2 N–H and O–H groups in total. The molecule has 0 spiro atoms. The number of phenolic OH excluding ortho intramolecular Hbond substituents is 2. The van der Waals surface area contributed by atoms with Crippen molar-refractivity contribution in [3.05, 3.63) is 23.8 Å². The second-order valence-electron chi connectivity index (χ2n) is 3.86. The number of hydrogen-bond acceptors (Lipinski definition) is 3. The van der Waals surface area contributed by atoms with Crippen molar-refractivity contribution in [2.75, 3.05) is 12.9 Å². The third-order valence-corrected chi connectivity index (χ3v) is 2.69. The van der Waals surface area contributed by atoms with Gasteiger partial charge in [-0.25, -0.2) is 0 Å². The Morgan fingerprint density at radius 1 is 1.41 bits per heavy atom. The summed E-state index contributed by atoms with van der Waals surface area (Å²) in [7, 11) is 1.67. The van der Waals surface area contributed by atoms with Crippen LogP contribution in [-0.2, 0) is 11.3 Å². The van der Waals surface area contributed by atoms with Gasteiger partial charge in [0.05, 0.1) is 0 Å². The third-order valence-electron chi connectivity index (χ3n) is 2.43. The zero-order valence-electron chi connectivity index (χ0n) is 9.69. The maximum absolute atomic E-state index is 11.6. The Morgan fingerprint density at radius 2 is 2.12 bits per heavy atom. The average molecular weight is 258 g/mol. The highest BCUT2D eigenvalue weighted by Crippen LogP contribution is 2.23. The van der Waals surface area contributed by atoms with E-state index in [2.05, 4.69) is 0 Å². The molecule has 5 heteroatoms. The van der Waals surface area contributed by atoms with Crippen LogP contribution in [0.15, 0.2) is 18.2 Å². The number of nitrogens with zero attached hydrogens (tertiary/aromatic N) is 1. The number of rotatable bonds is 5. The van der Waals surface area contributed by atoms with Crippen molar-refractivity contribution in [1.82, 2.24) is 4.90 Å². The van der Waals surface area contributed by atoms with Crippen molar-refractivity contribution >= 4 is 17.5 Å². The lowest BCUT2D eigenvalue weighted by Gasteiger charge is -2.17. The number of benzene rings is 1. The molecule has 17 heavy (non-hydrogen) atoms. The van der Waals surface area contributed by atoms with Gasteiger partial charge in [-0.1, -0.05) is 0 Å². The fourth-order valence-corrected chi connectivity index (χ4v) is 1.57. The number of halogens is 1. The number of carbonyl (C=O) groups excluding carboxylic acids is 1. The lowest BCUT2D eigenvalue weighted by Crippen LogP contribution is -2.25. The average Bonchev–Trinajstić information content (AvgIpc) is 2.29. The van der Waals surface area contributed by atoms with Crippen molar-refractivity contribution in [2.45, 2.75) is 19.4 Å². The molecule has 1 rings (SSSR count). The highest BCUT2D eigenvalue weighted by Gasteiger charge is 2.11. The Labute approximate surface area is 105 Å². The molecule has 1 aromatic rings. The molecule has 0 saturated carbocycles. The van der Waals surface area contributed by atoms with E-state index in [9.17, 15) is 9.90 Å². The summed E-state index contributed by atoms with van der Waals surface area (Å²) < 4.78 is 0. The minimum atomic E-state index is -0.0156. The van der Waals surface area contributed by atoms with Gasteiger partial charge < -0.3 is 15.1 Å². The summed E-state index contributed by atoms with van der Waals surface area (Å²) in [4.78, 5) is 13.1. The van der Waals surface area contributed by atoms with E-state index >= 15 is 0 Å². The summed E-state index contributed by atoms with van der Waals surface area (Å²) >= 11 is 5.51. The molecule has 0 aliphatic heterocycles. The maximum atomic E-state index is 11.6. The van der Waals surface area contributed by atoms with E-state index < -0.39 is 0 Å². The van der Waals surface area contributed by atoms with E-state index in [1.807, 2.05) is 0 Å². The maximum Gasteiger partial charge on any atom is 0.222 e. The summed E-state index contributed by atoms with van der Waals surface area (Å²) in [5, 5.41) is 18.7.